The van der Waals surface area contributed by atoms with Gasteiger partial charge in [-0.3, -0.25) is 5.01 Å². The van der Waals surface area contributed by atoms with Gasteiger partial charge >= 0.3 is 0 Å². The highest BCUT2D eigenvalue weighted by atomic mass is 32.1. The minimum Gasteiger partial charge on any atom is -0.331 e. The second-order valence-electron chi connectivity index (χ2n) is 7.61. The van der Waals surface area contributed by atoms with Gasteiger partial charge in [-0.15, -0.1) is 0 Å². The standard InChI is InChI=1S/C19H24N8S/c1-12-6-18(28-25-12)24-17-7-16(13-4-3-5-20-8-13)23-19-15(10-22-27(17)19)14-9-21-26(2)11-14/h6-7,9-10,13-14,20,24H,3-5,8,11H2,1-2H3. The average molecular weight is 397 g/mol. The van der Waals surface area contributed by atoms with Crippen molar-refractivity contribution in [2.75, 3.05) is 32.0 Å². The van der Waals surface area contributed by atoms with Crippen molar-refractivity contribution < 1.29 is 0 Å². The topological polar surface area (TPSA) is 82.7 Å². The van der Waals surface area contributed by atoms with Crippen molar-refractivity contribution in [3.05, 3.63) is 35.3 Å². The molecule has 2 aliphatic rings. The number of anilines is 2. The maximum absolute atomic E-state index is 5.06. The lowest BCUT2D eigenvalue weighted by Crippen LogP contribution is -2.29. The van der Waals surface area contributed by atoms with E-state index < -0.39 is 0 Å². The zero-order valence-corrected chi connectivity index (χ0v) is 16.9. The van der Waals surface area contributed by atoms with Crippen molar-refractivity contribution in [3.8, 4) is 0 Å². The van der Waals surface area contributed by atoms with Gasteiger partial charge in [-0.1, -0.05) is 0 Å². The van der Waals surface area contributed by atoms with E-state index in [1.54, 1.807) is 0 Å². The van der Waals surface area contributed by atoms with Crippen LogP contribution in [0, 0.1) is 6.92 Å². The molecule has 0 radical (unpaired) electrons. The summed E-state index contributed by atoms with van der Waals surface area (Å²) >= 11 is 1.46. The molecule has 2 N–H and O–H groups in total. The number of hydrogen-bond donors (Lipinski definition) is 2. The molecule has 5 heterocycles. The van der Waals surface area contributed by atoms with E-state index >= 15 is 0 Å². The Labute approximate surface area is 167 Å². The van der Waals surface area contributed by atoms with Gasteiger partial charge in [-0.2, -0.15) is 19.1 Å². The van der Waals surface area contributed by atoms with Crippen LogP contribution in [0.15, 0.2) is 23.4 Å². The first-order valence-electron chi connectivity index (χ1n) is 9.72. The highest BCUT2D eigenvalue weighted by Gasteiger charge is 2.25. The molecule has 0 bridgehead atoms. The zero-order valence-electron chi connectivity index (χ0n) is 16.1. The zero-order chi connectivity index (χ0) is 19.1. The van der Waals surface area contributed by atoms with Gasteiger partial charge < -0.3 is 10.6 Å². The summed E-state index contributed by atoms with van der Waals surface area (Å²) in [5.41, 5.74) is 4.18. The quantitative estimate of drug-likeness (QED) is 0.706. The maximum Gasteiger partial charge on any atom is 0.161 e. The third-order valence-electron chi connectivity index (χ3n) is 5.42. The normalized spacial score (nSPS) is 22.3. The smallest absolute Gasteiger partial charge is 0.161 e. The molecule has 2 atom stereocenters. The first kappa shape index (κ1) is 17.6. The van der Waals surface area contributed by atoms with Crippen molar-refractivity contribution in [2.24, 2.45) is 5.10 Å². The van der Waals surface area contributed by atoms with E-state index in [-0.39, 0.29) is 5.92 Å². The second kappa shape index (κ2) is 7.14. The Kier molecular flexibility index (Phi) is 4.48. The van der Waals surface area contributed by atoms with Gasteiger partial charge in [0.1, 0.15) is 10.8 Å². The van der Waals surface area contributed by atoms with E-state index in [0.29, 0.717) is 5.92 Å². The number of fused-ring (bicyclic) bond motifs is 1. The van der Waals surface area contributed by atoms with Crippen molar-refractivity contribution in [3.63, 3.8) is 0 Å². The van der Waals surface area contributed by atoms with Crippen LogP contribution in [0.2, 0.25) is 0 Å². The summed E-state index contributed by atoms with van der Waals surface area (Å²) in [6.07, 6.45) is 6.27. The van der Waals surface area contributed by atoms with Crippen LogP contribution < -0.4 is 10.6 Å². The number of aromatic nitrogens is 4. The third kappa shape index (κ3) is 3.24. The predicted molar refractivity (Wildman–Crippen MR) is 112 cm³/mol. The molecule has 3 aromatic rings. The van der Waals surface area contributed by atoms with E-state index in [1.165, 1.54) is 18.0 Å². The molecule has 1 saturated heterocycles. The summed E-state index contributed by atoms with van der Waals surface area (Å²) in [5, 5.41) is 19.0. The van der Waals surface area contributed by atoms with Crippen LogP contribution in [0.5, 0.6) is 0 Å². The number of nitrogens with one attached hydrogen (secondary N) is 2. The molecule has 3 aromatic heterocycles. The number of aryl methyl sites for hydroxylation is 1. The van der Waals surface area contributed by atoms with Crippen molar-refractivity contribution in [2.45, 2.75) is 31.6 Å². The van der Waals surface area contributed by atoms with Crippen LogP contribution in [0.4, 0.5) is 10.8 Å². The number of hydrogen-bond acceptors (Lipinski definition) is 8. The van der Waals surface area contributed by atoms with Crippen molar-refractivity contribution in [1.29, 1.82) is 0 Å². The molecule has 0 saturated carbocycles. The van der Waals surface area contributed by atoms with Gasteiger partial charge in [0.05, 0.1) is 17.6 Å². The Bertz CT molecular complexity index is 1020. The average Bonchev–Trinajstić information content (AvgIpc) is 3.42. The van der Waals surface area contributed by atoms with E-state index in [2.05, 4.69) is 37.3 Å². The molecule has 0 spiro atoms. The SMILES string of the molecule is Cc1cc(Nc2cc(C3CCCNC3)nc3c(C4C=NN(C)C4)cnn23)sn1. The van der Waals surface area contributed by atoms with E-state index in [0.717, 1.165) is 59.5 Å². The summed E-state index contributed by atoms with van der Waals surface area (Å²) in [6, 6.07) is 4.20. The molecule has 5 rings (SSSR count). The molecule has 0 amide bonds. The van der Waals surface area contributed by atoms with Gasteiger partial charge in [0, 0.05) is 49.8 Å². The summed E-state index contributed by atoms with van der Waals surface area (Å²) in [7, 11) is 1.99. The van der Waals surface area contributed by atoms with E-state index in [4.69, 9.17) is 4.98 Å². The minimum atomic E-state index is 0.216. The molecular weight excluding hydrogens is 372 g/mol. The molecule has 2 unspecified atom stereocenters. The summed E-state index contributed by atoms with van der Waals surface area (Å²) in [6.45, 7) is 4.92. The van der Waals surface area contributed by atoms with Crippen LogP contribution >= 0.6 is 11.5 Å². The summed E-state index contributed by atoms with van der Waals surface area (Å²) in [5.74, 6) is 1.57. The first-order chi connectivity index (χ1) is 13.7. The number of nitrogens with zero attached hydrogens (tertiary/aromatic N) is 6. The van der Waals surface area contributed by atoms with Gasteiger partial charge in [0.25, 0.3) is 0 Å². The molecule has 2 aliphatic heterocycles. The van der Waals surface area contributed by atoms with Gasteiger partial charge in [-0.25, -0.2) is 4.98 Å². The minimum absolute atomic E-state index is 0.216. The fourth-order valence-electron chi connectivity index (χ4n) is 3.96. The van der Waals surface area contributed by atoms with Crippen molar-refractivity contribution >= 4 is 34.2 Å². The monoisotopic (exact) mass is 396 g/mol. The number of rotatable bonds is 4. The number of piperidine rings is 1. The van der Waals surface area contributed by atoms with Crippen LogP contribution in [0.3, 0.4) is 0 Å². The van der Waals surface area contributed by atoms with Crippen molar-refractivity contribution in [1.82, 2.24) is 29.3 Å². The Balaban J connectivity index is 1.59. The Morgan fingerprint density at radius 1 is 1.32 bits per heavy atom. The van der Waals surface area contributed by atoms with Crippen LogP contribution in [0.25, 0.3) is 5.65 Å². The predicted octanol–water partition coefficient (Wildman–Crippen LogP) is 2.72. The summed E-state index contributed by atoms with van der Waals surface area (Å²) < 4.78 is 6.30. The highest BCUT2D eigenvalue weighted by Crippen LogP contribution is 2.31. The third-order valence-corrected chi connectivity index (χ3v) is 6.21. The van der Waals surface area contributed by atoms with E-state index in [1.807, 2.05) is 35.9 Å². The fraction of sp³-hybridized carbons (Fsp3) is 0.474. The molecule has 9 heteroatoms. The molecule has 28 heavy (non-hydrogen) atoms. The molecular formula is C19H24N8S. The van der Waals surface area contributed by atoms with Gasteiger partial charge in [0.2, 0.25) is 0 Å². The first-order valence-corrected chi connectivity index (χ1v) is 10.5. The molecule has 1 fully saturated rings. The van der Waals surface area contributed by atoms with Crippen LogP contribution in [-0.2, 0) is 0 Å². The lowest BCUT2D eigenvalue weighted by molar-refractivity contribution is 0.381. The fourth-order valence-corrected chi connectivity index (χ4v) is 4.63. The van der Waals surface area contributed by atoms with E-state index in [9.17, 15) is 0 Å². The second-order valence-corrected chi connectivity index (χ2v) is 8.42. The lowest BCUT2D eigenvalue weighted by Gasteiger charge is -2.23. The highest BCUT2D eigenvalue weighted by molar-refractivity contribution is 7.10. The Hall–Kier alpha value is -2.52. The summed E-state index contributed by atoms with van der Waals surface area (Å²) in [4.78, 5) is 5.06. The Morgan fingerprint density at radius 3 is 2.96 bits per heavy atom. The molecule has 8 nitrogen and oxygen atoms in total. The van der Waals surface area contributed by atoms with Crippen LogP contribution in [-0.4, -0.2) is 56.9 Å². The number of likely N-dealkylation sites (N-methyl/N-ethyl adjacent to an activating group) is 1. The van der Waals surface area contributed by atoms with Crippen LogP contribution in [0.1, 0.15) is 41.6 Å². The largest absolute Gasteiger partial charge is 0.331 e. The molecule has 0 aliphatic carbocycles. The van der Waals surface area contributed by atoms with Gasteiger partial charge in [-0.05, 0) is 43.9 Å². The maximum atomic E-state index is 5.06. The molecule has 146 valence electrons. The Morgan fingerprint density at radius 2 is 2.25 bits per heavy atom. The number of hydrazone groups is 1. The lowest BCUT2D eigenvalue weighted by atomic mass is 9.95. The van der Waals surface area contributed by atoms with Gasteiger partial charge in [0.15, 0.2) is 5.65 Å². The molecule has 0 aromatic carbocycles.